The molecule has 1 aromatic heterocycles. The first kappa shape index (κ1) is 20.7. The summed E-state index contributed by atoms with van der Waals surface area (Å²) in [6, 6.07) is 3.69. The average molecular weight is 447 g/mol. The summed E-state index contributed by atoms with van der Waals surface area (Å²) in [6.45, 7) is 8.63. The van der Waals surface area contributed by atoms with Gasteiger partial charge in [-0.1, -0.05) is 16.8 Å². The van der Waals surface area contributed by atoms with Crippen molar-refractivity contribution in [2.45, 2.75) is 64.4 Å². The number of carbonyl (C=O) groups is 1. The summed E-state index contributed by atoms with van der Waals surface area (Å²) in [6.07, 6.45) is -0.310. The number of benzene rings is 1. The van der Waals surface area contributed by atoms with E-state index in [1.165, 1.54) is 4.90 Å². The first-order valence-electron chi connectivity index (χ1n) is 10.4. The van der Waals surface area contributed by atoms with Gasteiger partial charge in [-0.2, -0.15) is 0 Å². The third kappa shape index (κ3) is 3.30. The van der Waals surface area contributed by atoms with Gasteiger partial charge in [0.05, 0.1) is 23.4 Å². The van der Waals surface area contributed by atoms with Crippen molar-refractivity contribution in [3.63, 3.8) is 0 Å². The Labute approximate surface area is 185 Å². The van der Waals surface area contributed by atoms with E-state index >= 15 is 0 Å². The molecule has 3 aliphatic rings. The minimum atomic E-state index is -0.955. The van der Waals surface area contributed by atoms with Crippen molar-refractivity contribution >= 4 is 30.3 Å². The highest BCUT2D eigenvalue weighted by atomic mass is 35.5. The molecule has 1 N–H and O–H groups in total. The molecule has 8 nitrogen and oxygen atoms in total. The van der Waals surface area contributed by atoms with Crippen molar-refractivity contribution in [1.82, 2.24) is 10.1 Å². The van der Waals surface area contributed by atoms with Gasteiger partial charge < -0.3 is 28.6 Å². The smallest absolute Gasteiger partial charge is 0.482 e. The van der Waals surface area contributed by atoms with Crippen LogP contribution in [0.4, 0.5) is 4.79 Å². The van der Waals surface area contributed by atoms with Crippen LogP contribution in [-0.2, 0) is 28.7 Å². The summed E-state index contributed by atoms with van der Waals surface area (Å²) in [5, 5.41) is 14.1. The van der Waals surface area contributed by atoms with E-state index in [1.807, 2.05) is 39.8 Å². The predicted octanol–water partition coefficient (Wildman–Crippen LogP) is 3.34. The van der Waals surface area contributed by atoms with Crippen molar-refractivity contribution in [3.05, 3.63) is 39.7 Å². The fourth-order valence-corrected chi connectivity index (χ4v) is 4.54. The molecule has 1 aromatic carbocycles. The molecule has 0 bridgehead atoms. The van der Waals surface area contributed by atoms with E-state index in [-0.39, 0.29) is 6.54 Å². The summed E-state index contributed by atoms with van der Waals surface area (Å²) in [4.78, 5) is 12.8. The Balaban J connectivity index is 1.46. The second kappa shape index (κ2) is 6.89. The van der Waals surface area contributed by atoms with Crippen LogP contribution < -0.4 is 10.2 Å². The molecule has 31 heavy (non-hydrogen) atoms. The maximum Gasteiger partial charge on any atom is 0.498 e. The van der Waals surface area contributed by atoms with E-state index in [9.17, 15) is 9.90 Å². The number of nitrogens with zero attached hydrogens (tertiary/aromatic N) is 2. The van der Waals surface area contributed by atoms with Gasteiger partial charge in [-0.25, -0.2) is 4.79 Å². The molecule has 0 spiro atoms. The topological polar surface area (TPSA) is 94.3 Å². The maximum absolute atomic E-state index is 11.4. The number of rotatable bonds is 2. The van der Waals surface area contributed by atoms with Crippen LogP contribution in [0.5, 0.6) is 5.75 Å². The molecule has 0 radical (unpaired) electrons. The minimum Gasteiger partial charge on any atom is -0.482 e. The molecule has 1 amide bonds. The highest BCUT2D eigenvalue weighted by molar-refractivity contribution is 6.63. The van der Waals surface area contributed by atoms with Crippen LogP contribution in [0.3, 0.4) is 0 Å². The summed E-state index contributed by atoms with van der Waals surface area (Å²) in [5.74, 6) is 1.23. The minimum absolute atomic E-state index is 0.241. The molecule has 4 heterocycles. The van der Waals surface area contributed by atoms with Crippen molar-refractivity contribution in [3.8, 4) is 5.75 Å². The number of halogens is 1. The zero-order valence-corrected chi connectivity index (χ0v) is 18.7. The van der Waals surface area contributed by atoms with Crippen molar-refractivity contribution in [2.24, 2.45) is 0 Å². The van der Waals surface area contributed by atoms with Crippen LogP contribution in [0.25, 0.3) is 0 Å². The van der Waals surface area contributed by atoms with Gasteiger partial charge in [0.2, 0.25) is 0 Å². The normalized spacial score (nSPS) is 23.5. The lowest BCUT2D eigenvalue weighted by Gasteiger charge is -2.32. The lowest BCUT2D eigenvalue weighted by atomic mass is 9.77. The van der Waals surface area contributed by atoms with Gasteiger partial charge in [0, 0.05) is 35.4 Å². The van der Waals surface area contributed by atoms with Crippen LogP contribution in [0.1, 0.15) is 56.4 Å². The Bertz CT molecular complexity index is 1050. The Hall–Kier alpha value is -2.23. The zero-order valence-electron chi connectivity index (χ0n) is 17.9. The zero-order chi connectivity index (χ0) is 22.1. The summed E-state index contributed by atoms with van der Waals surface area (Å²) in [5.41, 5.74) is 2.26. The van der Waals surface area contributed by atoms with E-state index in [1.54, 1.807) is 0 Å². The van der Waals surface area contributed by atoms with Crippen LogP contribution in [0.15, 0.2) is 16.7 Å². The second-order valence-electron chi connectivity index (χ2n) is 9.31. The monoisotopic (exact) mass is 446 g/mol. The SMILES string of the molecule is CC1(C)OB(c2cc(Cl)cc3c2O[C@@H](c2onc4c2CN(C(=O)O)CC4)C3)OC1(C)C. The Morgan fingerprint density at radius 3 is 2.65 bits per heavy atom. The molecule has 1 fully saturated rings. The summed E-state index contributed by atoms with van der Waals surface area (Å²) >= 11 is 6.42. The van der Waals surface area contributed by atoms with Gasteiger partial charge >= 0.3 is 13.2 Å². The van der Waals surface area contributed by atoms with Gasteiger partial charge in [0.15, 0.2) is 11.9 Å². The molecule has 1 saturated heterocycles. The fraction of sp³-hybridized carbons (Fsp3) is 0.524. The lowest BCUT2D eigenvalue weighted by Crippen LogP contribution is -2.41. The van der Waals surface area contributed by atoms with E-state index in [0.29, 0.717) is 35.9 Å². The van der Waals surface area contributed by atoms with E-state index in [2.05, 4.69) is 5.16 Å². The largest absolute Gasteiger partial charge is 0.498 e. The molecule has 1 atom stereocenters. The summed E-state index contributed by atoms with van der Waals surface area (Å²) in [7, 11) is -0.609. The third-order valence-electron chi connectivity index (χ3n) is 6.76. The molecule has 5 rings (SSSR count). The number of carboxylic acid groups (broad SMARTS) is 1. The number of fused-ring (bicyclic) bond motifs is 2. The highest BCUT2D eigenvalue weighted by Crippen LogP contribution is 2.42. The Kier molecular flexibility index (Phi) is 4.59. The van der Waals surface area contributed by atoms with Crippen LogP contribution in [0, 0.1) is 0 Å². The molecule has 10 heteroatoms. The molecule has 3 aliphatic heterocycles. The van der Waals surface area contributed by atoms with Crippen LogP contribution in [-0.4, -0.2) is 46.1 Å². The Morgan fingerprint density at radius 1 is 1.26 bits per heavy atom. The van der Waals surface area contributed by atoms with Gasteiger partial charge in [-0.05, 0) is 45.4 Å². The first-order valence-corrected chi connectivity index (χ1v) is 10.7. The van der Waals surface area contributed by atoms with Gasteiger partial charge in [0.1, 0.15) is 5.75 Å². The number of hydrogen-bond acceptors (Lipinski definition) is 6. The first-order chi connectivity index (χ1) is 14.6. The molecule has 0 unspecified atom stereocenters. The quantitative estimate of drug-likeness (QED) is 0.707. The molecule has 0 saturated carbocycles. The van der Waals surface area contributed by atoms with Gasteiger partial charge in [0.25, 0.3) is 0 Å². The van der Waals surface area contributed by atoms with E-state index in [0.717, 1.165) is 22.3 Å². The van der Waals surface area contributed by atoms with Crippen molar-refractivity contribution in [2.75, 3.05) is 6.54 Å². The average Bonchev–Trinajstić information content (AvgIpc) is 3.34. The van der Waals surface area contributed by atoms with Gasteiger partial charge in [-0.15, -0.1) is 0 Å². The third-order valence-corrected chi connectivity index (χ3v) is 6.98. The Morgan fingerprint density at radius 2 is 1.97 bits per heavy atom. The van der Waals surface area contributed by atoms with Gasteiger partial charge in [-0.3, -0.25) is 0 Å². The molecule has 2 aromatic rings. The second-order valence-corrected chi connectivity index (χ2v) is 9.74. The molecular formula is C21H24BClN2O6. The highest BCUT2D eigenvalue weighted by Gasteiger charge is 2.53. The van der Waals surface area contributed by atoms with Crippen LogP contribution in [0.2, 0.25) is 5.02 Å². The standard InChI is InChI=1S/C21H24BClN2O6/c1-20(2)21(3,4)31-22(30-20)14-9-12(23)7-11-8-16(28-17(11)14)18-13-10-25(19(26)27)6-5-15(13)24-29-18/h7,9,16H,5-6,8,10H2,1-4H3,(H,26,27)/t16-/m1/s1. The number of aromatic nitrogens is 1. The predicted molar refractivity (Wildman–Crippen MR) is 113 cm³/mol. The van der Waals surface area contributed by atoms with E-state index in [4.69, 9.17) is 30.2 Å². The number of amides is 1. The van der Waals surface area contributed by atoms with Crippen molar-refractivity contribution < 1.29 is 28.5 Å². The van der Waals surface area contributed by atoms with E-state index < -0.39 is 30.5 Å². The van der Waals surface area contributed by atoms with Crippen molar-refractivity contribution in [1.29, 1.82) is 0 Å². The fourth-order valence-electron chi connectivity index (χ4n) is 4.29. The molecular weight excluding hydrogens is 423 g/mol. The number of hydrogen-bond donors (Lipinski definition) is 1. The number of ether oxygens (including phenoxy) is 1. The van der Waals surface area contributed by atoms with Crippen LogP contribution >= 0.6 is 11.6 Å². The maximum atomic E-state index is 11.4. The summed E-state index contributed by atoms with van der Waals surface area (Å²) < 4.78 is 24.4. The molecule has 164 valence electrons. The lowest BCUT2D eigenvalue weighted by molar-refractivity contribution is 0.00578. The molecule has 0 aliphatic carbocycles.